The first kappa shape index (κ1) is 13.4. The second kappa shape index (κ2) is 5.81. The van der Waals surface area contributed by atoms with Crippen LogP contribution in [0.25, 0.3) is 11.5 Å². The lowest BCUT2D eigenvalue weighted by atomic mass is 10.1. The molecule has 1 saturated heterocycles. The van der Waals surface area contributed by atoms with E-state index >= 15 is 0 Å². The molecule has 0 aliphatic carbocycles. The highest BCUT2D eigenvalue weighted by Crippen LogP contribution is 2.30. The molecule has 0 amide bonds. The fraction of sp³-hybridized carbons (Fsp3) is 0.429. The maximum atomic E-state index is 9.84. The molecule has 0 bridgehead atoms. The van der Waals surface area contributed by atoms with Gasteiger partial charge in [-0.3, -0.25) is 0 Å². The molecule has 3 rings (SSSR count). The van der Waals surface area contributed by atoms with Gasteiger partial charge in [-0.15, -0.1) is 0 Å². The van der Waals surface area contributed by atoms with Crippen LogP contribution in [0.2, 0.25) is 5.02 Å². The van der Waals surface area contributed by atoms with E-state index in [1.807, 2.05) is 0 Å². The molecule has 0 radical (unpaired) electrons. The average molecular weight is 295 g/mol. The van der Waals surface area contributed by atoms with Gasteiger partial charge in [0.15, 0.2) is 5.82 Å². The fourth-order valence-electron chi connectivity index (χ4n) is 2.30. The van der Waals surface area contributed by atoms with Crippen molar-refractivity contribution < 1.29 is 14.4 Å². The van der Waals surface area contributed by atoms with Crippen LogP contribution in [0.4, 0.5) is 0 Å². The summed E-state index contributed by atoms with van der Waals surface area (Å²) in [5.41, 5.74) is 0.484. The third kappa shape index (κ3) is 2.94. The highest BCUT2D eigenvalue weighted by Gasteiger charge is 2.19. The van der Waals surface area contributed by atoms with Gasteiger partial charge in [-0.2, -0.15) is 4.98 Å². The SMILES string of the molecule is Oc1cc(Cl)ccc1-c1nc(CC2CCCCO2)no1. The molecule has 20 heavy (non-hydrogen) atoms. The number of benzene rings is 1. The first-order chi connectivity index (χ1) is 9.72. The van der Waals surface area contributed by atoms with Crippen molar-refractivity contribution >= 4 is 11.6 Å². The zero-order valence-corrected chi connectivity index (χ0v) is 11.6. The highest BCUT2D eigenvalue weighted by molar-refractivity contribution is 6.30. The van der Waals surface area contributed by atoms with Gasteiger partial charge in [-0.25, -0.2) is 0 Å². The summed E-state index contributed by atoms with van der Waals surface area (Å²) in [5, 5.41) is 14.2. The van der Waals surface area contributed by atoms with E-state index in [0.717, 1.165) is 19.4 Å². The molecule has 1 N–H and O–H groups in total. The summed E-state index contributed by atoms with van der Waals surface area (Å²) in [6.07, 6.45) is 4.11. The molecule has 2 heterocycles. The van der Waals surface area contributed by atoms with Crippen LogP contribution in [-0.2, 0) is 11.2 Å². The molecule has 1 aliphatic heterocycles. The molecule has 106 valence electrons. The van der Waals surface area contributed by atoms with Gasteiger partial charge in [0.25, 0.3) is 5.89 Å². The molecular weight excluding hydrogens is 280 g/mol. The number of phenols is 1. The Morgan fingerprint density at radius 3 is 3.00 bits per heavy atom. The minimum Gasteiger partial charge on any atom is -0.507 e. The van der Waals surface area contributed by atoms with E-state index in [9.17, 15) is 5.11 Å². The predicted octanol–water partition coefficient (Wildman–Crippen LogP) is 3.21. The number of nitrogens with zero attached hydrogens (tertiary/aromatic N) is 2. The van der Waals surface area contributed by atoms with Gasteiger partial charge in [0.05, 0.1) is 11.7 Å². The van der Waals surface area contributed by atoms with Crippen LogP contribution in [0.15, 0.2) is 22.7 Å². The zero-order valence-electron chi connectivity index (χ0n) is 10.9. The summed E-state index contributed by atoms with van der Waals surface area (Å²) in [4.78, 5) is 4.30. The minimum atomic E-state index is 0.0293. The van der Waals surface area contributed by atoms with Crippen LogP contribution in [0, 0.1) is 0 Å². The molecule has 1 aliphatic rings. The minimum absolute atomic E-state index is 0.0293. The Bertz CT molecular complexity index is 594. The van der Waals surface area contributed by atoms with Crippen molar-refractivity contribution in [2.24, 2.45) is 0 Å². The molecule has 1 aromatic heterocycles. The van der Waals surface area contributed by atoms with Crippen LogP contribution in [0.5, 0.6) is 5.75 Å². The molecule has 6 heteroatoms. The van der Waals surface area contributed by atoms with Crippen LogP contribution in [0.3, 0.4) is 0 Å². The lowest BCUT2D eigenvalue weighted by molar-refractivity contribution is 0.0153. The second-order valence-electron chi connectivity index (χ2n) is 4.87. The van der Waals surface area contributed by atoms with Crippen LogP contribution < -0.4 is 0 Å². The molecule has 1 atom stereocenters. The molecule has 5 nitrogen and oxygen atoms in total. The van der Waals surface area contributed by atoms with E-state index in [2.05, 4.69) is 10.1 Å². The Kier molecular flexibility index (Phi) is 3.89. The Balaban J connectivity index is 1.75. The topological polar surface area (TPSA) is 68.4 Å². The number of aromatic nitrogens is 2. The first-order valence-electron chi connectivity index (χ1n) is 6.65. The predicted molar refractivity (Wildman–Crippen MR) is 73.7 cm³/mol. The lowest BCUT2D eigenvalue weighted by Gasteiger charge is -2.20. The average Bonchev–Trinajstić information content (AvgIpc) is 2.88. The van der Waals surface area contributed by atoms with Crippen molar-refractivity contribution in [3.63, 3.8) is 0 Å². The Morgan fingerprint density at radius 2 is 2.25 bits per heavy atom. The van der Waals surface area contributed by atoms with E-state index in [0.29, 0.717) is 28.7 Å². The summed E-state index contributed by atoms with van der Waals surface area (Å²) in [5.74, 6) is 0.924. The van der Waals surface area contributed by atoms with E-state index in [1.54, 1.807) is 12.1 Å². The van der Waals surface area contributed by atoms with Gasteiger partial charge < -0.3 is 14.4 Å². The van der Waals surface area contributed by atoms with E-state index in [1.165, 1.54) is 12.5 Å². The van der Waals surface area contributed by atoms with Gasteiger partial charge in [-0.05, 0) is 37.5 Å². The number of phenolic OH excluding ortho intramolecular Hbond substituents is 1. The van der Waals surface area contributed by atoms with E-state index in [-0.39, 0.29) is 11.9 Å². The molecule has 2 aromatic rings. The number of rotatable bonds is 3. The Hall–Kier alpha value is -1.59. The molecule has 1 unspecified atom stereocenters. The van der Waals surface area contributed by atoms with Gasteiger partial charge in [0.2, 0.25) is 0 Å². The summed E-state index contributed by atoms with van der Waals surface area (Å²) < 4.78 is 10.8. The summed E-state index contributed by atoms with van der Waals surface area (Å²) in [7, 11) is 0. The quantitative estimate of drug-likeness (QED) is 0.941. The van der Waals surface area contributed by atoms with Gasteiger partial charge >= 0.3 is 0 Å². The van der Waals surface area contributed by atoms with Crippen molar-refractivity contribution in [3.05, 3.63) is 29.0 Å². The number of halogens is 1. The van der Waals surface area contributed by atoms with Crippen molar-refractivity contribution in [2.45, 2.75) is 31.8 Å². The van der Waals surface area contributed by atoms with Gasteiger partial charge in [-0.1, -0.05) is 16.8 Å². The largest absolute Gasteiger partial charge is 0.507 e. The third-order valence-corrected chi connectivity index (χ3v) is 3.58. The second-order valence-corrected chi connectivity index (χ2v) is 5.31. The number of aromatic hydroxyl groups is 1. The van der Waals surface area contributed by atoms with Gasteiger partial charge in [0, 0.05) is 18.1 Å². The third-order valence-electron chi connectivity index (χ3n) is 3.34. The normalized spacial score (nSPS) is 19.1. The maximum Gasteiger partial charge on any atom is 0.261 e. The summed E-state index contributed by atoms with van der Waals surface area (Å²) >= 11 is 5.80. The van der Waals surface area contributed by atoms with Crippen molar-refractivity contribution in [1.82, 2.24) is 10.1 Å². The molecule has 0 saturated carbocycles. The number of hydrogen-bond donors (Lipinski definition) is 1. The van der Waals surface area contributed by atoms with Crippen molar-refractivity contribution in [2.75, 3.05) is 6.61 Å². The summed E-state index contributed by atoms with van der Waals surface area (Å²) in [6, 6.07) is 4.78. The highest BCUT2D eigenvalue weighted by atomic mass is 35.5. The number of hydrogen-bond acceptors (Lipinski definition) is 5. The van der Waals surface area contributed by atoms with E-state index < -0.39 is 0 Å². The molecule has 1 fully saturated rings. The molecule has 0 spiro atoms. The standard InChI is InChI=1S/C14H15ClN2O3/c15-9-4-5-11(12(18)7-9)14-16-13(17-20-14)8-10-3-1-2-6-19-10/h4-5,7,10,18H,1-3,6,8H2. The summed E-state index contributed by atoms with van der Waals surface area (Å²) in [6.45, 7) is 0.799. The first-order valence-corrected chi connectivity index (χ1v) is 7.03. The monoisotopic (exact) mass is 294 g/mol. The van der Waals surface area contributed by atoms with E-state index in [4.69, 9.17) is 20.9 Å². The van der Waals surface area contributed by atoms with Gasteiger partial charge in [0.1, 0.15) is 5.75 Å². The van der Waals surface area contributed by atoms with Crippen LogP contribution in [0.1, 0.15) is 25.1 Å². The smallest absolute Gasteiger partial charge is 0.261 e. The fourth-order valence-corrected chi connectivity index (χ4v) is 2.47. The van der Waals surface area contributed by atoms with Crippen LogP contribution in [-0.4, -0.2) is 28.0 Å². The van der Waals surface area contributed by atoms with Crippen molar-refractivity contribution in [3.8, 4) is 17.2 Å². The van der Waals surface area contributed by atoms with Crippen LogP contribution >= 0.6 is 11.6 Å². The van der Waals surface area contributed by atoms with Crippen molar-refractivity contribution in [1.29, 1.82) is 0 Å². The zero-order chi connectivity index (χ0) is 13.9. The Labute approximate surface area is 121 Å². The molecule has 1 aromatic carbocycles. The maximum absolute atomic E-state index is 9.84. The molecular formula is C14H15ClN2O3. The lowest BCUT2D eigenvalue weighted by Crippen LogP contribution is -2.21. The Morgan fingerprint density at radius 1 is 1.35 bits per heavy atom. The number of ether oxygens (including phenoxy) is 1.